The lowest BCUT2D eigenvalue weighted by atomic mass is 10.0. The zero-order chi connectivity index (χ0) is 38.9. The van der Waals surface area contributed by atoms with Gasteiger partial charge < -0.3 is 13.9 Å². The van der Waals surface area contributed by atoms with Crippen LogP contribution in [0.15, 0.2) is 48.6 Å². The number of hydrogen-bond acceptors (Lipinski definition) is 5. The van der Waals surface area contributed by atoms with E-state index in [1.165, 1.54) is 109 Å². The molecule has 0 aliphatic rings. The van der Waals surface area contributed by atoms with Gasteiger partial charge in [0, 0.05) is 12.8 Å². The second kappa shape index (κ2) is 39.8. The molecule has 0 rings (SSSR count). The Hall–Kier alpha value is -1.92. The maximum atomic E-state index is 12.8. The molecule has 0 aliphatic carbocycles. The summed E-state index contributed by atoms with van der Waals surface area (Å²) in [7, 11) is -1.86. The summed E-state index contributed by atoms with van der Waals surface area (Å²) in [4.78, 5) is 25.3. The number of unbranched alkanes of at least 4 members (excludes halogenated alkanes) is 18. The number of allylic oxidation sites excluding steroid dienone is 8. The summed E-state index contributed by atoms with van der Waals surface area (Å²) < 4.78 is 17.9. The first-order valence-electron chi connectivity index (χ1n) is 22.6. The smallest absolute Gasteiger partial charge is 0.306 e. The van der Waals surface area contributed by atoms with E-state index in [0.29, 0.717) is 19.4 Å². The van der Waals surface area contributed by atoms with Gasteiger partial charge in [0.15, 0.2) is 14.4 Å². The van der Waals surface area contributed by atoms with Crippen molar-refractivity contribution in [2.45, 2.75) is 226 Å². The normalized spacial score (nSPS) is 12.9. The Morgan fingerprint density at radius 1 is 0.453 bits per heavy atom. The van der Waals surface area contributed by atoms with E-state index in [0.717, 1.165) is 63.1 Å². The summed E-state index contributed by atoms with van der Waals surface area (Å²) in [6, 6.07) is 3.07. The average molecular weight is 759 g/mol. The van der Waals surface area contributed by atoms with Crippen molar-refractivity contribution in [3.05, 3.63) is 48.6 Å². The predicted molar refractivity (Wildman–Crippen MR) is 232 cm³/mol. The first kappa shape index (κ1) is 51.1. The summed E-state index contributed by atoms with van der Waals surface area (Å²) in [6.45, 7) is 11.5. The van der Waals surface area contributed by atoms with Crippen LogP contribution in [0.4, 0.5) is 0 Å². The molecule has 0 saturated carbocycles. The largest absolute Gasteiger partial charge is 0.462 e. The minimum Gasteiger partial charge on any atom is -0.462 e. The highest BCUT2D eigenvalue weighted by Gasteiger charge is 2.30. The highest BCUT2D eigenvalue weighted by atomic mass is 28.4. The minimum absolute atomic E-state index is 0.0715. The Morgan fingerprint density at radius 2 is 0.849 bits per heavy atom. The van der Waals surface area contributed by atoms with Crippen molar-refractivity contribution >= 4 is 20.3 Å². The van der Waals surface area contributed by atoms with Crippen molar-refractivity contribution in [2.75, 3.05) is 13.2 Å². The number of carbonyl (C=O) groups excluding carboxylic acids is 2. The highest BCUT2D eigenvalue weighted by Crippen LogP contribution is 2.22. The molecule has 0 amide bonds. The van der Waals surface area contributed by atoms with Crippen molar-refractivity contribution in [1.82, 2.24) is 0 Å². The highest BCUT2D eigenvalue weighted by molar-refractivity contribution is 6.73. The van der Waals surface area contributed by atoms with E-state index >= 15 is 0 Å². The third-order valence-electron chi connectivity index (χ3n) is 10.4. The Balaban J connectivity index is 4.29. The van der Waals surface area contributed by atoms with E-state index in [9.17, 15) is 9.59 Å². The van der Waals surface area contributed by atoms with Crippen LogP contribution in [-0.2, 0) is 23.5 Å². The van der Waals surface area contributed by atoms with Crippen LogP contribution in [0, 0.1) is 0 Å². The third kappa shape index (κ3) is 34.3. The van der Waals surface area contributed by atoms with Gasteiger partial charge in [-0.3, -0.25) is 9.59 Å². The SMILES string of the molecule is CCCCC/C=C\C/C=C\C/C=C\C/C=C\CCCC(=O)O[C@H](COC(=O)CCCCCCCCCCCCCCCCC)CO[Si](CC)(CC)CC. The molecule has 0 aromatic heterocycles. The van der Waals surface area contributed by atoms with E-state index in [-0.39, 0.29) is 18.5 Å². The molecule has 0 radical (unpaired) electrons. The van der Waals surface area contributed by atoms with Crippen molar-refractivity contribution in [2.24, 2.45) is 0 Å². The molecule has 0 aromatic rings. The molecule has 1 atom stereocenters. The van der Waals surface area contributed by atoms with E-state index < -0.39 is 14.4 Å². The summed E-state index contributed by atoms with van der Waals surface area (Å²) in [5, 5.41) is 0. The minimum atomic E-state index is -1.86. The monoisotopic (exact) mass is 759 g/mol. The molecular formula is C47H86O5Si. The molecule has 0 aliphatic heterocycles. The van der Waals surface area contributed by atoms with Crippen LogP contribution >= 0.6 is 0 Å². The van der Waals surface area contributed by atoms with E-state index in [2.05, 4.69) is 83.2 Å². The number of esters is 2. The Bertz CT molecular complexity index is 927. The van der Waals surface area contributed by atoms with E-state index in [4.69, 9.17) is 13.9 Å². The van der Waals surface area contributed by atoms with Crippen LogP contribution in [0.5, 0.6) is 0 Å². The first-order valence-corrected chi connectivity index (χ1v) is 25.1. The van der Waals surface area contributed by atoms with Crippen molar-refractivity contribution in [1.29, 1.82) is 0 Å². The van der Waals surface area contributed by atoms with Gasteiger partial charge in [-0.05, 0) is 69.5 Å². The molecule has 53 heavy (non-hydrogen) atoms. The second-order valence-corrected chi connectivity index (χ2v) is 19.8. The topological polar surface area (TPSA) is 61.8 Å². The molecule has 0 spiro atoms. The van der Waals surface area contributed by atoms with Crippen LogP contribution in [0.3, 0.4) is 0 Å². The van der Waals surface area contributed by atoms with E-state index in [1.807, 2.05) is 0 Å². The molecule has 0 saturated heterocycles. The number of rotatable bonds is 39. The molecule has 308 valence electrons. The number of carbonyl (C=O) groups is 2. The summed E-state index contributed by atoms with van der Waals surface area (Å²) in [5.74, 6) is -0.448. The standard InChI is InChI=1S/C47H86O5Si/c1-6-11-13-15-17-19-21-23-25-26-28-30-32-34-36-38-40-42-47(49)52-45(44-51-53(8-3,9-4)10-5)43-50-46(48)41-39-37-35-33-31-29-27-24-22-20-18-16-14-12-7-2/h17,19,23,25,28,30,34,36,45H,6-16,18,20-22,24,26-27,29,31-33,35,37-44H2,1-5H3/b19-17-,25-23-,30-28-,36-34-/t45-/m1/s1. The maximum absolute atomic E-state index is 12.8. The van der Waals surface area contributed by atoms with Gasteiger partial charge in [-0.1, -0.05) is 186 Å². The molecule has 0 fully saturated rings. The Labute approximate surface area is 330 Å². The zero-order valence-corrected chi connectivity index (χ0v) is 36.7. The average Bonchev–Trinajstić information content (AvgIpc) is 3.17. The van der Waals surface area contributed by atoms with Gasteiger partial charge >= 0.3 is 11.9 Å². The lowest BCUT2D eigenvalue weighted by Gasteiger charge is -2.30. The summed E-state index contributed by atoms with van der Waals surface area (Å²) in [5.41, 5.74) is 0. The molecule has 5 nitrogen and oxygen atoms in total. The third-order valence-corrected chi connectivity index (χ3v) is 15.1. The lowest BCUT2D eigenvalue weighted by Crippen LogP contribution is -2.40. The fraction of sp³-hybridized carbons (Fsp3) is 0.787. The summed E-state index contributed by atoms with van der Waals surface area (Å²) in [6.07, 6.45) is 46.9. The van der Waals surface area contributed by atoms with Gasteiger partial charge in [-0.15, -0.1) is 0 Å². The van der Waals surface area contributed by atoms with Crippen LogP contribution in [-0.4, -0.2) is 39.6 Å². The van der Waals surface area contributed by atoms with Gasteiger partial charge in [0.25, 0.3) is 0 Å². The van der Waals surface area contributed by atoms with Gasteiger partial charge in [0.1, 0.15) is 6.61 Å². The van der Waals surface area contributed by atoms with Crippen molar-refractivity contribution < 1.29 is 23.5 Å². The molecule has 0 N–H and O–H groups in total. The maximum Gasteiger partial charge on any atom is 0.306 e. The van der Waals surface area contributed by atoms with Crippen LogP contribution in [0.1, 0.15) is 202 Å². The van der Waals surface area contributed by atoms with Gasteiger partial charge in [0.2, 0.25) is 0 Å². The van der Waals surface area contributed by atoms with E-state index in [1.54, 1.807) is 0 Å². The molecule has 0 aromatic carbocycles. The van der Waals surface area contributed by atoms with Crippen molar-refractivity contribution in [3.8, 4) is 0 Å². The zero-order valence-electron chi connectivity index (χ0n) is 35.7. The fourth-order valence-corrected chi connectivity index (χ4v) is 9.16. The predicted octanol–water partition coefficient (Wildman–Crippen LogP) is 14.9. The van der Waals surface area contributed by atoms with Gasteiger partial charge in [-0.2, -0.15) is 0 Å². The molecular weight excluding hydrogens is 673 g/mol. The molecule has 0 unspecified atom stereocenters. The Kier molecular flexibility index (Phi) is 38.3. The number of hydrogen-bond donors (Lipinski definition) is 0. The first-order chi connectivity index (χ1) is 26.0. The Morgan fingerprint density at radius 3 is 1.32 bits per heavy atom. The quantitative estimate of drug-likeness (QED) is 0.0270. The molecule has 0 bridgehead atoms. The fourth-order valence-electron chi connectivity index (χ4n) is 6.51. The summed E-state index contributed by atoms with van der Waals surface area (Å²) >= 11 is 0. The lowest BCUT2D eigenvalue weighted by molar-refractivity contribution is -0.161. The van der Waals surface area contributed by atoms with Crippen molar-refractivity contribution in [3.63, 3.8) is 0 Å². The number of ether oxygens (including phenoxy) is 2. The van der Waals surface area contributed by atoms with Crippen LogP contribution in [0.25, 0.3) is 0 Å². The molecule has 6 heteroatoms. The van der Waals surface area contributed by atoms with Crippen LogP contribution in [0.2, 0.25) is 18.1 Å². The van der Waals surface area contributed by atoms with Crippen LogP contribution < -0.4 is 0 Å². The molecule has 0 heterocycles. The van der Waals surface area contributed by atoms with Gasteiger partial charge in [-0.25, -0.2) is 0 Å². The van der Waals surface area contributed by atoms with Gasteiger partial charge in [0.05, 0.1) is 6.61 Å². The second-order valence-electron chi connectivity index (χ2n) is 15.0.